The van der Waals surface area contributed by atoms with Crippen LogP contribution in [0.15, 0.2) is 88.8 Å². The third kappa shape index (κ3) is 4.02. The number of hydrogen-bond acceptors (Lipinski definition) is 7. The van der Waals surface area contributed by atoms with Crippen LogP contribution in [-0.2, 0) is 11.4 Å². The minimum Gasteiger partial charge on any atom is -0.489 e. The number of nitro benzene ring substituents is 1. The predicted molar refractivity (Wildman–Crippen MR) is 141 cm³/mol. The number of benzene rings is 4. The van der Waals surface area contributed by atoms with Gasteiger partial charge in [0.2, 0.25) is 0 Å². The van der Waals surface area contributed by atoms with Crippen molar-refractivity contribution < 1.29 is 19.2 Å². The van der Waals surface area contributed by atoms with Crippen LogP contribution in [0.5, 0.6) is 11.5 Å². The number of para-hydroxylation sites is 1. The molecule has 0 aromatic heterocycles. The fraction of sp³-hybridized carbons (Fsp3) is 0.100. The van der Waals surface area contributed by atoms with Crippen LogP contribution in [-0.4, -0.2) is 16.6 Å². The Bertz CT molecular complexity index is 1910. The van der Waals surface area contributed by atoms with Gasteiger partial charge >= 0.3 is 5.97 Å². The Hall–Kier alpha value is -5.11. The monoisotopic (exact) mass is 503 g/mol. The third-order valence-electron chi connectivity index (χ3n) is 6.67. The Morgan fingerprint density at radius 2 is 1.66 bits per heavy atom. The number of nitrogens with zero attached hydrogens (tertiary/aromatic N) is 3. The molecule has 6 rings (SSSR count). The van der Waals surface area contributed by atoms with Crippen molar-refractivity contribution in [1.82, 2.24) is 0 Å². The number of fused-ring (bicyclic) bond motifs is 3. The summed E-state index contributed by atoms with van der Waals surface area (Å²) in [4.78, 5) is 33.0. The number of rotatable bonds is 6. The van der Waals surface area contributed by atoms with Crippen LogP contribution in [0.2, 0.25) is 0 Å². The van der Waals surface area contributed by atoms with Crippen LogP contribution in [0.25, 0.3) is 5.57 Å². The fourth-order valence-corrected chi connectivity index (χ4v) is 4.80. The van der Waals surface area contributed by atoms with E-state index < -0.39 is 10.9 Å². The van der Waals surface area contributed by atoms with Gasteiger partial charge in [0, 0.05) is 33.9 Å². The Morgan fingerprint density at radius 1 is 0.895 bits per heavy atom. The Labute approximate surface area is 216 Å². The maximum absolute atomic E-state index is 13.1. The standard InChI is InChI=1S/C30H21N3O5/c1-17-27-18(2)29(32-26(27)15-24-23-8-3-4-9-25(23)31-28(17)24)30(34)38-22-7-5-6-21(14-22)37-16-19-10-12-20(13-11-19)33(35)36/h3-15H,16H2,1-2H3. The van der Waals surface area contributed by atoms with Crippen LogP contribution in [0.4, 0.5) is 17.1 Å². The van der Waals surface area contributed by atoms with Crippen molar-refractivity contribution in [2.24, 2.45) is 9.98 Å². The van der Waals surface area contributed by atoms with Gasteiger partial charge in [-0.25, -0.2) is 14.8 Å². The summed E-state index contributed by atoms with van der Waals surface area (Å²) >= 11 is 0. The van der Waals surface area contributed by atoms with E-state index in [-0.39, 0.29) is 18.0 Å². The van der Waals surface area contributed by atoms with E-state index in [9.17, 15) is 14.9 Å². The molecule has 8 heteroatoms. The molecule has 0 N–H and O–H groups in total. The van der Waals surface area contributed by atoms with E-state index in [0.29, 0.717) is 11.5 Å². The molecule has 0 fully saturated rings. The number of aliphatic imine (C=N–C) groups is 1. The zero-order chi connectivity index (χ0) is 26.4. The highest BCUT2D eigenvalue weighted by Crippen LogP contribution is 2.29. The summed E-state index contributed by atoms with van der Waals surface area (Å²) in [6.07, 6.45) is 0. The molecule has 0 unspecified atom stereocenters. The molecular weight excluding hydrogens is 482 g/mol. The molecular formula is C30H21N3O5. The molecule has 186 valence electrons. The van der Waals surface area contributed by atoms with Crippen LogP contribution in [0.3, 0.4) is 0 Å². The average molecular weight is 504 g/mol. The second-order valence-electron chi connectivity index (χ2n) is 9.08. The maximum Gasteiger partial charge on any atom is 0.362 e. The van der Waals surface area contributed by atoms with Crippen molar-refractivity contribution in [2.45, 2.75) is 20.5 Å². The highest BCUT2D eigenvalue weighted by atomic mass is 16.6. The van der Waals surface area contributed by atoms with Crippen molar-refractivity contribution in [3.63, 3.8) is 0 Å². The lowest BCUT2D eigenvalue weighted by Gasteiger charge is -2.09. The van der Waals surface area contributed by atoms with E-state index in [1.54, 1.807) is 36.4 Å². The second-order valence-corrected chi connectivity index (χ2v) is 9.08. The number of esters is 1. The summed E-state index contributed by atoms with van der Waals surface area (Å²) in [6.45, 7) is 4.09. The molecule has 4 aromatic carbocycles. The molecule has 4 aromatic rings. The first kappa shape index (κ1) is 23.3. The van der Waals surface area contributed by atoms with Gasteiger partial charge in [0.1, 0.15) is 18.1 Å². The summed E-state index contributed by atoms with van der Waals surface area (Å²) < 4.78 is 11.5. The molecule has 2 heterocycles. The van der Waals surface area contributed by atoms with Crippen molar-refractivity contribution in [3.05, 3.63) is 121 Å². The number of hydrogen-bond donors (Lipinski definition) is 0. The van der Waals surface area contributed by atoms with Crippen LogP contribution >= 0.6 is 0 Å². The second kappa shape index (κ2) is 9.08. The fourth-order valence-electron chi connectivity index (χ4n) is 4.80. The molecule has 0 radical (unpaired) electrons. The molecule has 0 saturated carbocycles. The highest BCUT2D eigenvalue weighted by molar-refractivity contribution is 6.53. The minimum absolute atomic E-state index is 0.0192. The quantitative estimate of drug-likeness (QED) is 0.142. The molecule has 38 heavy (non-hydrogen) atoms. The number of nitro groups is 1. The normalized spacial score (nSPS) is 12.7. The molecule has 2 aliphatic rings. The molecule has 0 spiro atoms. The molecule has 8 nitrogen and oxygen atoms in total. The van der Waals surface area contributed by atoms with Gasteiger partial charge in [0.15, 0.2) is 5.71 Å². The molecule has 0 aliphatic carbocycles. The van der Waals surface area contributed by atoms with Crippen molar-refractivity contribution >= 4 is 34.3 Å². The first-order chi connectivity index (χ1) is 18.4. The summed E-state index contributed by atoms with van der Waals surface area (Å²) in [5.74, 6) is 0.271. The van der Waals surface area contributed by atoms with Crippen LogP contribution < -0.4 is 20.0 Å². The lowest BCUT2D eigenvalue weighted by molar-refractivity contribution is -0.384. The molecule has 0 saturated heterocycles. The van der Waals surface area contributed by atoms with E-state index in [1.807, 2.05) is 44.2 Å². The zero-order valence-electron chi connectivity index (χ0n) is 20.6. The first-order valence-electron chi connectivity index (χ1n) is 12.0. The van der Waals surface area contributed by atoms with Gasteiger partial charge in [0.05, 0.1) is 21.7 Å². The van der Waals surface area contributed by atoms with Crippen molar-refractivity contribution in [2.75, 3.05) is 0 Å². The lowest BCUT2D eigenvalue weighted by Crippen LogP contribution is -2.22. The lowest BCUT2D eigenvalue weighted by atomic mass is 10.0. The Morgan fingerprint density at radius 3 is 2.45 bits per heavy atom. The number of ether oxygens (including phenoxy) is 2. The number of carbonyl (C=O) groups excluding carboxylic acids is 1. The smallest absolute Gasteiger partial charge is 0.362 e. The van der Waals surface area contributed by atoms with Crippen molar-refractivity contribution in [3.8, 4) is 11.5 Å². The van der Waals surface area contributed by atoms with Gasteiger partial charge in [-0.2, -0.15) is 0 Å². The van der Waals surface area contributed by atoms with E-state index in [1.165, 1.54) is 12.1 Å². The molecule has 2 aliphatic heterocycles. The highest BCUT2D eigenvalue weighted by Gasteiger charge is 2.25. The summed E-state index contributed by atoms with van der Waals surface area (Å²) in [5.41, 5.74) is 4.44. The van der Waals surface area contributed by atoms with Crippen molar-refractivity contribution in [1.29, 1.82) is 0 Å². The van der Waals surface area contributed by atoms with Gasteiger partial charge in [0.25, 0.3) is 5.69 Å². The van der Waals surface area contributed by atoms with Gasteiger partial charge in [-0.3, -0.25) is 10.1 Å². The number of non-ortho nitro benzene ring substituents is 1. The number of carbonyl (C=O) groups is 1. The SMILES string of the molecule is CC1=c2c(cc3c(c2C)N=c2ccccc2=3)N=C1C(=O)Oc1cccc(OCc2ccc([N+](=O)[O-])cc2)c1. The Balaban J connectivity index is 1.22. The molecule has 0 amide bonds. The molecule has 0 atom stereocenters. The average Bonchev–Trinajstić information content (AvgIpc) is 3.46. The summed E-state index contributed by atoms with van der Waals surface area (Å²) in [5, 5.41) is 14.7. The van der Waals surface area contributed by atoms with Gasteiger partial charge in [-0.1, -0.05) is 24.3 Å². The molecule has 0 bridgehead atoms. The van der Waals surface area contributed by atoms with E-state index in [0.717, 1.165) is 49.1 Å². The van der Waals surface area contributed by atoms with E-state index >= 15 is 0 Å². The minimum atomic E-state index is -0.553. The predicted octanol–water partition coefficient (Wildman–Crippen LogP) is 4.90. The zero-order valence-corrected chi connectivity index (χ0v) is 20.6. The summed E-state index contributed by atoms with van der Waals surface area (Å²) in [7, 11) is 0. The third-order valence-corrected chi connectivity index (χ3v) is 6.67. The first-order valence-corrected chi connectivity index (χ1v) is 12.0. The summed E-state index contributed by atoms with van der Waals surface area (Å²) in [6, 6.07) is 22.9. The van der Waals surface area contributed by atoms with Gasteiger partial charge < -0.3 is 9.47 Å². The van der Waals surface area contributed by atoms with Crippen LogP contribution in [0.1, 0.15) is 18.1 Å². The van der Waals surface area contributed by atoms with Crippen LogP contribution in [0, 0.1) is 27.5 Å². The van der Waals surface area contributed by atoms with Gasteiger partial charge in [-0.15, -0.1) is 0 Å². The van der Waals surface area contributed by atoms with E-state index in [2.05, 4.69) is 4.99 Å². The largest absolute Gasteiger partial charge is 0.489 e. The Kier molecular flexibility index (Phi) is 5.57. The van der Waals surface area contributed by atoms with E-state index in [4.69, 9.17) is 14.5 Å². The maximum atomic E-state index is 13.1. The van der Waals surface area contributed by atoms with Gasteiger partial charge in [-0.05, 0) is 66.9 Å². The topological polar surface area (TPSA) is 103 Å².